The van der Waals surface area contributed by atoms with Gasteiger partial charge in [-0.05, 0) is 212 Å². The molecule has 6 aromatic rings. The fourth-order valence-electron chi connectivity index (χ4n) is 10.8. The maximum atomic E-state index is 13.3. The number of carbonyl (C=O) groups excluding carboxylic acids is 2. The zero-order chi connectivity index (χ0) is 53.0. The van der Waals surface area contributed by atoms with Gasteiger partial charge in [0.05, 0.1) is 10.8 Å². The van der Waals surface area contributed by atoms with Crippen LogP contribution >= 0.6 is 15.9 Å². The molecule has 3 heterocycles. The summed E-state index contributed by atoms with van der Waals surface area (Å²) in [6.07, 6.45) is 2.85. The Bertz CT molecular complexity index is 2980. The molecule has 74 heavy (non-hydrogen) atoms. The van der Waals surface area contributed by atoms with Crippen LogP contribution in [0.25, 0.3) is 28.4 Å². The van der Waals surface area contributed by atoms with E-state index in [2.05, 4.69) is 111 Å². The van der Waals surface area contributed by atoms with Gasteiger partial charge in [-0.15, -0.1) is 0 Å². The molecule has 9 rings (SSSR count). The molecule has 0 bridgehead atoms. The number of hydrogen-bond acceptors (Lipinski definition) is 6. The van der Waals surface area contributed by atoms with Gasteiger partial charge in [-0.1, -0.05) is 94.7 Å². The number of anilines is 3. The molecule has 3 atom stereocenters. The van der Waals surface area contributed by atoms with Crippen LogP contribution in [-0.4, -0.2) is 35.5 Å². The Kier molecular flexibility index (Phi) is 20.3. The molecular formula is C60H77BBrF3N5O4-. The van der Waals surface area contributed by atoms with Crippen molar-refractivity contribution in [3.05, 3.63) is 171 Å². The molecule has 14 heteroatoms. The third kappa shape index (κ3) is 13.7. The number of rotatable bonds is 9. The Labute approximate surface area is 447 Å². The SMILES string of the molecule is CC(C)CC1(C)C(=O)Nc2ccc(Br)cc21.Cc1cc(F)ccc1-c1ccc2c(c1)C(C)(CC(C)C)C(=O)N2.Cc1cc(F)ccc1-c1ccc2c(c1)C(C)(CC(C)C)CN2.Cc1cc(F)ccc1B(O)O.N.[2HH].[NH2-]. The van der Waals surface area contributed by atoms with E-state index in [1.807, 2.05) is 58.0 Å². The average Bonchev–Trinajstić information content (AvgIpc) is 3.83. The number of aryl methyl sites for hydroxylation is 3. The van der Waals surface area contributed by atoms with Crippen LogP contribution in [0.15, 0.2) is 114 Å². The molecule has 2 amide bonds. The Morgan fingerprint density at radius 2 is 0.973 bits per heavy atom. The Morgan fingerprint density at radius 3 is 1.41 bits per heavy atom. The van der Waals surface area contributed by atoms with Crippen molar-refractivity contribution in [2.75, 3.05) is 22.5 Å². The standard InChI is InChI=1S/C20H22FNO.C20H24FN.C13H16BrNO.C7H8BFO2.H3N.H2N.H2/c1-12(2)11-20(4)17-10-14(5-8-18(17)22-19(20)23)16-7-6-15(21)9-13(16)3;1-13(2)11-20(4)12-22-19-8-5-15(10-18(19)20)17-7-6-16(21)9-14(17)3;1-8(2)7-13(3)10-6-9(14)4-5-11(10)15-12(13)16;1-5-4-6(9)2-3-7(5)8(10)11;;;/h5-10,12H,11H2,1-4H3,(H,22,23);5-10,13,22H,11-12H2,1-4H3;4-6,8H,7H2,1-3H3,(H,15,16);2-4,10-11H,1H3;1H3;1H2;1H/q;;;;;-1;/i;;;;;;1+1. The number of nitrogens with two attached hydrogens (primary N) is 1. The second-order valence-corrected chi connectivity index (χ2v) is 22.7. The van der Waals surface area contributed by atoms with Crippen LogP contribution in [0.5, 0.6) is 0 Å². The summed E-state index contributed by atoms with van der Waals surface area (Å²) < 4.78 is 40.2. The predicted octanol–water partition coefficient (Wildman–Crippen LogP) is 15.2. The molecule has 0 spiro atoms. The molecule has 6 aromatic carbocycles. The number of nitrogens with one attached hydrogen (secondary N) is 3. The molecule has 9 nitrogen and oxygen atoms in total. The Hall–Kier alpha value is -5.77. The maximum Gasteiger partial charge on any atom is 0.488 e. The van der Waals surface area contributed by atoms with Crippen molar-refractivity contribution in [2.24, 2.45) is 17.8 Å². The zero-order valence-electron chi connectivity index (χ0n) is 45.0. The van der Waals surface area contributed by atoms with E-state index >= 15 is 0 Å². The van der Waals surface area contributed by atoms with E-state index in [0.717, 1.165) is 74.2 Å². The Balaban J connectivity index is 0.000000268. The van der Waals surface area contributed by atoms with Crippen molar-refractivity contribution in [2.45, 2.75) is 119 Å². The van der Waals surface area contributed by atoms with Gasteiger partial charge in [0.15, 0.2) is 0 Å². The second kappa shape index (κ2) is 24.7. The number of amides is 2. The number of benzene rings is 6. The fourth-order valence-corrected chi connectivity index (χ4v) is 11.2. The van der Waals surface area contributed by atoms with Crippen LogP contribution in [0, 0.1) is 56.0 Å². The van der Waals surface area contributed by atoms with Crippen LogP contribution in [0.2, 0.25) is 0 Å². The number of carbonyl (C=O) groups is 2. The van der Waals surface area contributed by atoms with Gasteiger partial charge in [0, 0.05) is 34.9 Å². The van der Waals surface area contributed by atoms with Crippen molar-refractivity contribution in [3.63, 3.8) is 0 Å². The lowest BCUT2D eigenvalue weighted by atomic mass is 9.76. The third-order valence-corrected chi connectivity index (χ3v) is 14.5. The van der Waals surface area contributed by atoms with Gasteiger partial charge in [0.1, 0.15) is 17.5 Å². The molecule has 0 aromatic heterocycles. The highest BCUT2D eigenvalue weighted by Crippen LogP contribution is 2.46. The predicted molar refractivity (Wildman–Crippen MR) is 307 cm³/mol. The monoisotopic (exact) mass is 1080 g/mol. The van der Waals surface area contributed by atoms with Crippen LogP contribution in [0.3, 0.4) is 0 Å². The minimum absolute atomic E-state index is 0. The molecule has 0 saturated heterocycles. The van der Waals surface area contributed by atoms with Crippen molar-refractivity contribution in [3.8, 4) is 22.3 Å². The highest BCUT2D eigenvalue weighted by atomic mass is 79.9. The summed E-state index contributed by atoms with van der Waals surface area (Å²) >= 11 is 3.46. The molecule has 0 aliphatic carbocycles. The molecule has 0 fully saturated rings. The van der Waals surface area contributed by atoms with E-state index in [-0.39, 0.29) is 53.8 Å². The molecule has 3 aliphatic heterocycles. The van der Waals surface area contributed by atoms with E-state index in [0.29, 0.717) is 28.8 Å². The third-order valence-electron chi connectivity index (χ3n) is 14.0. The first kappa shape index (κ1) is 60.8. The largest absolute Gasteiger partial charge is 0.693 e. The molecule has 398 valence electrons. The van der Waals surface area contributed by atoms with Gasteiger partial charge in [-0.25, -0.2) is 13.2 Å². The van der Waals surface area contributed by atoms with E-state index in [1.165, 1.54) is 47.5 Å². The minimum Gasteiger partial charge on any atom is -0.693 e. The molecule has 0 radical (unpaired) electrons. The quantitative estimate of drug-likeness (QED) is 0.0784. The zero-order valence-corrected chi connectivity index (χ0v) is 46.6. The van der Waals surface area contributed by atoms with Gasteiger partial charge in [-0.3, -0.25) is 9.59 Å². The minimum atomic E-state index is -1.52. The normalized spacial score (nSPS) is 18.7. The van der Waals surface area contributed by atoms with Gasteiger partial charge >= 0.3 is 7.12 Å². The maximum absolute atomic E-state index is 13.3. The summed E-state index contributed by atoms with van der Waals surface area (Å²) in [5, 5.41) is 27.0. The first-order valence-electron chi connectivity index (χ1n) is 24.9. The summed E-state index contributed by atoms with van der Waals surface area (Å²) in [4.78, 5) is 24.6. The van der Waals surface area contributed by atoms with Crippen molar-refractivity contribution in [1.29, 1.82) is 0 Å². The fraction of sp³-hybridized carbons (Fsp3) is 0.367. The van der Waals surface area contributed by atoms with E-state index < -0.39 is 12.5 Å². The molecule has 3 unspecified atom stereocenters. The lowest BCUT2D eigenvalue weighted by Crippen LogP contribution is -2.32. The molecule has 3 aliphatic rings. The number of hydrogen-bond donors (Lipinski definition) is 6. The molecule has 10 N–H and O–H groups in total. The summed E-state index contributed by atoms with van der Waals surface area (Å²) in [6, 6.07) is 32.2. The van der Waals surface area contributed by atoms with Crippen LogP contribution in [0.1, 0.15) is 116 Å². The molecular weight excluding hydrogens is 1000 g/mol. The van der Waals surface area contributed by atoms with Crippen molar-refractivity contribution >= 4 is 57.4 Å². The summed E-state index contributed by atoms with van der Waals surface area (Å²) in [5.74, 6) is 1.00. The van der Waals surface area contributed by atoms with Crippen LogP contribution < -0.4 is 27.6 Å². The lowest BCUT2D eigenvalue weighted by molar-refractivity contribution is -0.121. The lowest BCUT2D eigenvalue weighted by Gasteiger charge is -2.26. The summed E-state index contributed by atoms with van der Waals surface area (Å²) in [6.45, 7) is 26.0. The smallest absolute Gasteiger partial charge is 0.488 e. The van der Waals surface area contributed by atoms with Gasteiger partial charge in [0.25, 0.3) is 0 Å². The summed E-state index contributed by atoms with van der Waals surface area (Å²) in [5.41, 5.74) is 13.0. The first-order chi connectivity index (χ1) is 33.7. The molecule has 0 saturated carbocycles. The van der Waals surface area contributed by atoms with Gasteiger partial charge in [-0.2, -0.15) is 0 Å². The first-order valence-corrected chi connectivity index (χ1v) is 25.6. The highest BCUT2D eigenvalue weighted by molar-refractivity contribution is 9.10. The van der Waals surface area contributed by atoms with Crippen molar-refractivity contribution < 1.29 is 34.2 Å². The number of fused-ring (bicyclic) bond motifs is 3. The van der Waals surface area contributed by atoms with Gasteiger partial charge < -0.3 is 38.3 Å². The van der Waals surface area contributed by atoms with Gasteiger partial charge in [0.2, 0.25) is 11.8 Å². The number of halogens is 4. The summed E-state index contributed by atoms with van der Waals surface area (Å²) in [7, 11) is -1.52. The second-order valence-electron chi connectivity index (χ2n) is 21.8. The Morgan fingerprint density at radius 1 is 0.568 bits per heavy atom. The van der Waals surface area contributed by atoms with Crippen LogP contribution in [0.4, 0.5) is 30.2 Å². The van der Waals surface area contributed by atoms with E-state index in [4.69, 9.17) is 10.0 Å². The van der Waals surface area contributed by atoms with Crippen LogP contribution in [-0.2, 0) is 25.8 Å². The van der Waals surface area contributed by atoms with E-state index in [9.17, 15) is 22.8 Å². The van der Waals surface area contributed by atoms with Crippen molar-refractivity contribution in [1.82, 2.24) is 6.15 Å². The topological polar surface area (TPSA) is 179 Å². The highest BCUT2D eigenvalue weighted by Gasteiger charge is 2.44. The average molecular weight is 1080 g/mol. The van der Waals surface area contributed by atoms with E-state index in [1.54, 1.807) is 31.2 Å².